The number of allylic oxidation sites excluding steroid dienone is 1. The van der Waals surface area contributed by atoms with E-state index in [4.69, 9.17) is 0 Å². The first-order chi connectivity index (χ1) is 12.1. The molecule has 0 saturated carbocycles. The van der Waals surface area contributed by atoms with Gasteiger partial charge >= 0.3 is 0 Å². The highest BCUT2D eigenvalue weighted by molar-refractivity contribution is 5.60. The molecule has 4 nitrogen and oxygen atoms in total. The van der Waals surface area contributed by atoms with Gasteiger partial charge in [0.15, 0.2) is 0 Å². The average molecular weight is 331 g/mol. The van der Waals surface area contributed by atoms with Crippen LogP contribution in [-0.2, 0) is 0 Å². The molecule has 0 spiro atoms. The fourth-order valence-electron chi connectivity index (χ4n) is 2.57. The second kappa shape index (κ2) is 7.09. The van der Waals surface area contributed by atoms with E-state index in [2.05, 4.69) is 28.7 Å². The average Bonchev–Trinajstić information content (AvgIpc) is 2.91. The van der Waals surface area contributed by atoms with Crippen molar-refractivity contribution >= 4 is 24.4 Å². The van der Waals surface area contributed by atoms with Crippen molar-refractivity contribution in [1.29, 1.82) is 0 Å². The van der Waals surface area contributed by atoms with E-state index < -0.39 is 0 Å². The normalized spacial score (nSPS) is 12.0. The summed E-state index contributed by atoms with van der Waals surface area (Å²) in [5.74, 6) is 0. The first kappa shape index (κ1) is 16.6. The van der Waals surface area contributed by atoms with Crippen LogP contribution in [-0.4, -0.2) is 23.9 Å². The molecule has 1 aromatic heterocycles. The number of aromatic amines is 1. The molecule has 4 heteroatoms. The van der Waals surface area contributed by atoms with E-state index in [-0.39, 0.29) is 5.56 Å². The standard InChI is InChI=1S/C21H21N3O/c1-16-20(21(25)24(22-16)19-9-5-4-6-10-19)11-7-8-17-12-14-18(15-13-17)23(2)3/h4-15,22H,1H2,2-3H3/b8-7+,20-11-. The Morgan fingerprint density at radius 1 is 1.04 bits per heavy atom. The summed E-state index contributed by atoms with van der Waals surface area (Å²) in [6.07, 6.45) is 5.64. The molecule has 2 aromatic carbocycles. The molecule has 0 amide bonds. The van der Waals surface area contributed by atoms with Crippen LogP contribution in [0.3, 0.4) is 0 Å². The van der Waals surface area contributed by atoms with E-state index in [1.54, 1.807) is 6.08 Å². The van der Waals surface area contributed by atoms with Crippen molar-refractivity contribution in [2.75, 3.05) is 19.0 Å². The lowest BCUT2D eigenvalue weighted by atomic mass is 10.2. The fraction of sp³-hybridized carbons (Fsp3) is 0.0952. The number of hydrogen-bond acceptors (Lipinski definition) is 2. The predicted molar refractivity (Wildman–Crippen MR) is 105 cm³/mol. The summed E-state index contributed by atoms with van der Waals surface area (Å²) in [7, 11) is 4.02. The zero-order valence-corrected chi connectivity index (χ0v) is 14.4. The quantitative estimate of drug-likeness (QED) is 0.796. The van der Waals surface area contributed by atoms with Crippen molar-refractivity contribution in [3.05, 3.63) is 87.2 Å². The van der Waals surface area contributed by atoms with Gasteiger partial charge in [0.1, 0.15) is 0 Å². The minimum atomic E-state index is -0.108. The van der Waals surface area contributed by atoms with Gasteiger partial charge in [-0.15, -0.1) is 0 Å². The number of anilines is 1. The highest BCUT2D eigenvalue weighted by Crippen LogP contribution is 2.13. The second-order valence-corrected chi connectivity index (χ2v) is 5.99. The van der Waals surface area contributed by atoms with Crippen LogP contribution in [0, 0.1) is 0 Å². The molecule has 0 saturated heterocycles. The molecule has 0 aliphatic rings. The van der Waals surface area contributed by atoms with E-state index in [0.717, 1.165) is 16.9 Å². The third-order valence-corrected chi connectivity index (χ3v) is 3.98. The van der Waals surface area contributed by atoms with Crippen molar-refractivity contribution in [2.24, 2.45) is 0 Å². The maximum atomic E-state index is 12.6. The van der Waals surface area contributed by atoms with Gasteiger partial charge in [-0.25, -0.2) is 4.68 Å². The van der Waals surface area contributed by atoms with E-state index >= 15 is 0 Å². The van der Waals surface area contributed by atoms with Crippen LogP contribution in [0.15, 0.2) is 65.5 Å². The molecule has 0 radical (unpaired) electrons. The lowest BCUT2D eigenvalue weighted by Crippen LogP contribution is -2.33. The molecular formula is C21H21N3O. The van der Waals surface area contributed by atoms with Crippen LogP contribution >= 0.6 is 0 Å². The van der Waals surface area contributed by atoms with Gasteiger partial charge in [-0.3, -0.25) is 9.89 Å². The molecule has 0 aliphatic carbocycles. The van der Waals surface area contributed by atoms with Crippen molar-refractivity contribution in [2.45, 2.75) is 0 Å². The molecule has 25 heavy (non-hydrogen) atoms. The Kier molecular flexibility index (Phi) is 4.70. The smallest absolute Gasteiger partial charge is 0.279 e. The maximum absolute atomic E-state index is 12.6. The zero-order chi connectivity index (χ0) is 17.8. The molecule has 3 rings (SSSR count). The number of hydrogen-bond donors (Lipinski definition) is 1. The number of benzene rings is 2. The summed E-state index contributed by atoms with van der Waals surface area (Å²) >= 11 is 0. The minimum Gasteiger partial charge on any atom is -0.378 e. The molecule has 1 N–H and O–H groups in total. The summed E-state index contributed by atoms with van der Waals surface area (Å²) in [6, 6.07) is 17.7. The lowest BCUT2D eigenvalue weighted by molar-refractivity contribution is 0.838. The third kappa shape index (κ3) is 3.63. The molecule has 0 bridgehead atoms. The number of rotatable bonds is 4. The summed E-state index contributed by atoms with van der Waals surface area (Å²) in [6.45, 7) is 3.94. The minimum absolute atomic E-state index is 0.108. The van der Waals surface area contributed by atoms with Crippen LogP contribution in [0.1, 0.15) is 5.56 Å². The Balaban J connectivity index is 1.91. The largest absolute Gasteiger partial charge is 0.378 e. The SMILES string of the molecule is C=c1[nH]n(-c2ccccc2)c(=O)/c1=C\C=C\c1ccc(N(C)C)cc1. The van der Waals surface area contributed by atoms with Crippen molar-refractivity contribution in [3.63, 3.8) is 0 Å². The number of nitrogens with one attached hydrogen (secondary N) is 1. The summed E-state index contributed by atoms with van der Waals surface area (Å²) in [4.78, 5) is 14.6. The van der Waals surface area contributed by atoms with Gasteiger partial charge in [-0.1, -0.05) is 49.1 Å². The Morgan fingerprint density at radius 3 is 2.36 bits per heavy atom. The highest BCUT2D eigenvalue weighted by atomic mass is 16.1. The Morgan fingerprint density at radius 2 is 1.72 bits per heavy atom. The number of para-hydroxylation sites is 1. The first-order valence-corrected chi connectivity index (χ1v) is 8.07. The first-order valence-electron chi connectivity index (χ1n) is 8.07. The van der Waals surface area contributed by atoms with E-state index in [0.29, 0.717) is 10.6 Å². The molecule has 0 aliphatic heterocycles. The van der Waals surface area contributed by atoms with Crippen molar-refractivity contribution in [3.8, 4) is 5.69 Å². The zero-order valence-electron chi connectivity index (χ0n) is 14.4. The van der Waals surface area contributed by atoms with Gasteiger partial charge in [0, 0.05) is 19.8 Å². The summed E-state index contributed by atoms with van der Waals surface area (Å²) in [5, 5.41) is 4.18. The van der Waals surface area contributed by atoms with E-state index in [1.165, 1.54) is 4.68 Å². The Hall–Kier alpha value is -3.27. The molecule has 126 valence electrons. The third-order valence-electron chi connectivity index (χ3n) is 3.98. The second-order valence-electron chi connectivity index (χ2n) is 5.99. The predicted octanol–water partition coefficient (Wildman–Crippen LogP) is 2.14. The number of aromatic nitrogens is 2. The number of H-pyrrole nitrogens is 1. The van der Waals surface area contributed by atoms with Crippen LogP contribution in [0.25, 0.3) is 24.4 Å². The van der Waals surface area contributed by atoms with Gasteiger partial charge in [0.2, 0.25) is 0 Å². The van der Waals surface area contributed by atoms with Crippen LogP contribution in [0.4, 0.5) is 5.69 Å². The van der Waals surface area contributed by atoms with Crippen LogP contribution in [0.2, 0.25) is 0 Å². The molecule has 0 unspecified atom stereocenters. The molecule has 3 aromatic rings. The molecule has 0 atom stereocenters. The molecule has 1 heterocycles. The molecular weight excluding hydrogens is 310 g/mol. The van der Waals surface area contributed by atoms with Gasteiger partial charge in [0.25, 0.3) is 5.56 Å². The summed E-state index contributed by atoms with van der Waals surface area (Å²) in [5.41, 5.74) is 2.91. The van der Waals surface area contributed by atoms with Gasteiger partial charge < -0.3 is 4.90 Å². The monoisotopic (exact) mass is 331 g/mol. The van der Waals surface area contributed by atoms with E-state index in [1.807, 2.05) is 68.7 Å². The Labute approximate surface area is 146 Å². The topological polar surface area (TPSA) is 41.0 Å². The van der Waals surface area contributed by atoms with Gasteiger partial charge in [-0.2, -0.15) is 0 Å². The number of nitrogens with zero attached hydrogens (tertiary/aromatic N) is 2. The Bertz CT molecular complexity index is 1040. The molecule has 0 fully saturated rings. The lowest BCUT2D eigenvalue weighted by Gasteiger charge is -2.11. The van der Waals surface area contributed by atoms with Crippen LogP contribution in [0.5, 0.6) is 0 Å². The highest BCUT2D eigenvalue weighted by Gasteiger charge is 2.02. The fourth-order valence-corrected chi connectivity index (χ4v) is 2.57. The summed E-state index contributed by atoms with van der Waals surface area (Å²) < 4.78 is 1.51. The van der Waals surface area contributed by atoms with Gasteiger partial charge in [-0.05, 0) is 35.9 Å². The van der Waals surface area contributed by atoms with E-state index in [9.17, 15) is 4.79 Å². The maximum Gasteiger partial charge on any atom is 0.279 e. The van der Waals surface area contributed by atoms with Crippen molar-refractivity contribution < 1.29 is 0 Å². The van der Waals surface area contributed by atoms with Crippen LogP contribution < -0.4 is 21.0 Å². The van der Waals surface area contributed by atoms with Crippen molar-refractivity contribution in [1.82, 2.24) is 9.78 Å². The van der Waals surface area contributed by atoms with Gasteiger partial charge in [0.05, 0.1) is 16.3 Å².